The molecule has 1 aromatic heterocycles. The van der Waals surface area contributed by atoms with Crippen LogP contribution in [-0.2, 0) is 4.74 Å². The Hall–Kier alpha value is -2.72. The molecule has 0 bridgehead atoms. The summed E-state index contributed by atoms with van der Waals surface area (Å²) in [6, 6.07) is 17.3. The van der Waals surface area contributed by atoms with Crippen molar-refractivity contribution in [1.29, 1.82) is 0 Å². The lowest BCUT2D eigenvalue weighted by atomic mass is 9.98. The predicted octanol–water partition coefficient (Wildman–Crippen LogP) is 5.98. The minimum Gasteiger partial charge on any atom is -0.462 e. The topological polar surface area (TPSA) is 43.3 Å². The van der Waals surface area contributed by atoms with E-state index < -0.39 is 0 Å². The van der Waals surface area contributed by atoms with Crippen LogP contribution in [0.4, 0.5) is 5.69 Å². The van der Waals surface area contributed by atoms with Crippen molar-refractivity contribution in [2.75, 3.05) is 12.0 Å². The molecule has 0 saturated carbocycles. The highest BCUT2D eigenvalue weighted by molar-refractivity contribution is 6.30. The zero-order valence-corrected chi connectivity index (χ0v) is 16.5. The molecule has 2 aromatic carbocycles. The van der Waals surface area contributed by atoms with Crippen LogP contribution in [0.1, 0.15) is 42.6 Å². The fourth-order valence-corrected chi connectivity index (χ4v) is 3.14. The van der Waals surface area contributed by atoms with Crippen LogP contribution >= 0.6 is 11.6 Å². The lowest BCUT2D eigenvalue weighted by Crippen LogP contribution is -2.12. The van der Waals surface area contributed by atoms with Crippen LogP contribution in [0.15, 0.2) is 60.8 Å². The van der Waals surface area contributed by atoms with Gasteiger partial charge in [0.2, 0.25) is 0 Å². The zero-order chi connectivity index (χ0) is 19.4. The lowest BCUT2D eigenvalue weighted by Gasteiger charge is -2.14. The van der Waals surface area contributed by atoms with Crippen LogP contribution in [-0.4, -0.2) is 17.3 Å². The molecule has 0 aliphatic carbocycles. The summed E-state index contributed by atoms with van der Waals surface area (Å²) in [4.78, 5) is 12.8. The van der Waals surface area contributed by atoms with Crippen molar-refractivity contribution in [3.63, 3.8) is 0 Å². The Kier molecular flexibility index (Phi) is 5.87. The smallest absolute Gasteiger partial charge is 0.340 e. The van der Waals surface area contributed by atoms with E-state index in [0.29, 0.717) is 17.2 Å². The Morgan fingerprint density at radius 2 is 1.78 bits per heavy atom. The molecular formula is C22H23ClN2O2. The van der Waals surface area contributed by atoms with Gasteiger partial charge in [-0.3, -0.25) is 10.1 Å². The Balaban J connectivity index is 2.17. The van der Waals surface area contributed by atoms with Crippen molar-refractivity contribution in [1.82, 2.24) is 4.68 Å². The third-order valence-corrected chi connectivity index (χ3v) is 4.53. The molecule has 0 amide bonds. The van der Waals surface area contributed by atoms with E-state index in [9.17, 15) is 4.79 Å². The van der Waals surface area contributed by atoms with Gasteiger partial charge in [0.05, 0.1) is 23.6 Å². The van der Waals surface area contributed by atoms with Gasteiger partial charge in [0.25, 0.3) is 0 Å². The van der Waals surface area contributed by atoms with Crippen LogP contribution in [0.25, 0.3) is 11.3 Å². The summed E-state index contributed by atoms with van der Waals surface area (Å²) in [6.07, 6.45) is 1.97. The number of ether oxygens (including phenoxy) is 1. The molecule has 3 aromatic rings. The Morgan fingerprint density at radius 1 is 1.11 bits per heavy atom. The average molecular weight is 383 g/mol. The molecule has 1 N–H and O–H groups in total. The van der Waals surface area contributed by atoms with Gasteiger partial charge >= 0.3 is 5.97 Å². The van der Waals surface area contributed by atoms with Gasteiger partial charge in [-0.1, -0.05) is 55.8 Å². The van der Waals surface area contributed by atoms with E-state index in [-0.39, 0.29) is 11.9 Å². The summed E-state index contributed by atoms with van der Waals surface area (Å²) in [5, 5.41) is 0.673. The molecule has 4 nitrogen and oxygen atoms in total. The number of esters is 1. The maximum Gasteiger partial charge on any atom is 0.340 e. The van der Waals surface area contributed by atoms with Gasteiger partial charge in [-0.05, 0) is 42.7 Å². The highest BCUT2D eigenvalue weighted by Crippen LogP contribution is 2.33. The first kappa shape index (κ1) is 19.1. The number of hydrogen-bond donors (Lipinski definition) is 1. The third-order valence-electron chi connectivity index (χ3n) is 4.28. The molecular weight excluding hydrogens is 360 g/mol. The minimum atomic E-state index is -0.309. The van der Waals surface area contributed by atoms with Crippen molar-refractivity contribution >= 4 is 23.3 Å². The maximum atomic E-state index is 12.8. The third kappa shape index (κ3) is 4.17. The summed E-state index contributed by atoms with van der Waals surface area (Å²) in [5.74, 6) is -0.142. The first-order chi connectivity index (χ1) is 13.0. The SMILES string of the molecule is CCOC(=O)c1c(C(C)C)cn(Nc2ccc(Cl)cc2)c1-c1ccccc1. The average Bonchev–Trinajstić information content (AvgIpc) is 3.04. The highest BCUT2D eigenvalue weighted by Gasteiger charge is 2.26. The number of rotatable bonds is 6. The van der Waals surface area contributed by atoms with E-state index in [1.54, 1.807) is 0 Å². The normalized spacial score (nSPS) is 10.9. The summed E-state index contributed by atoms with van der Waals surface area (Å²) in [5.41, 5.74) is 7.49. The summed E-state index contributed by atoms with van der Waals surface area (Å²) >= 11 is 5.99. The van der Waals surface area contributed by atoms with E-state index in [4.69, 9.17) is 16.3 Å². The second-order valence-electron chi connectivity index (χ2n) is 6.54. The molecule has 27 heavy (non-hydrogen) atoms. The number of hydrogen-bond acceptors (Lipinski definition) is 3. The summed E-state index contributed by atoms with van der Waals surface area (Å²) in [7, 11) is 0. The molecule has 5 heteroatoms. The molecule has 0 unspecified atom stereocenters. The van der Waals surface area contributed by atoms with Gasteiger partial charge < -0.3 is 4.74 Å². The predicted molar refractivity (Wildman–Crippen MR) is 110 cm³/mol. The van der Waals surface area contributed by atoms with Crippen LogP contribution in [0.5, 0.6) is 0 Å². The zero-order valence-electron chi connectivity index (χ0n) is 15.7. The summed E-state index contributed by atoms with van der Waals surface area (Å²) < 4.78 is 7.25. The molecule has 0 saturated heterocycles. The minimum absolute atomic E-state index is 0.167. The van der Waals surface area contributed by atoms with Crippen molar-refractivity contribution in [3.05, 3.63) is 76.9 Å². The maximum absolute atomic E-state index is 12.8. The molecule has 0 radical (unpaired) electrons. The number of carbonyl (C=O) groups excluding carboxylic acids is 1. The van der Waals surface area contributed by atoms with E-state index in [1.165, 1.54) is 0 Å². The number of aromatic nitrogens is 1. The van der Waals surface area contributed by atoms with Gasteiger partial charge in [0.15, 0.2) is 0 Å². The van der Waals surface area contributed by atoms with Crippen molar-refractivity contribution in [3.8, 4) is 11.3 Å². The van der Waals surface area contributed by atoms with Crippen molar-refractivity contribution in [2.45, 2.75) is 26.7 Å². The first-order valence-corrected chi connectivity index (χ1v) is 9.39. The molecule has 0 spiro atoms. The molecule has 0 fully saturated rings. The molecule has 1 heterocycles. The monoisotopic (exact) mass is 382 g/mol. The first-order valence-electron chi connectivity index (χ1n) is 9.01. The number of nitrogens with one attached hydrogen (secondary N) is 1. The number of carbonyl (C=O) groups is 1. The summed E-state index contributed by atoms with van der Waals surface area (Å²) in [6.45, 7) is 6.29. The number of halogens is 1. The standard InChI is InChI=1S/C22H23ClN2O2/c1-4-27-22(26)20-19(15(2)3)14-25(21(20)16-8-6-5-7-9-16)24-18-12-10-17(23)11-13-18/h5-15,24H,4H2,1-3H3. The Morgan fingerprint density at radius 3 is 2.37 bits per heavy atom. The molecule has 0 atom stereocenters. The largest absolute Gasteiger partial charge is 0.462 e. The van der Waals surface area contributed by atoms with Crippen molar-refractivity contribution < 1.29 is 9.53 Å². The second kappa shape index (κ2) is 8.31. The second-order valence-corrected chi connectivity index (χ2v) is 6.97. The van der Waals surface area contributed by atoms with Gasteiger partial charge in [-0.2, -0.15) is 0 Å². The van der Waals surface area contributed by atoms with Gasteiger partial charge in [-0.25, -0.2) is 4.79 Å². The fourth-order valence-electron chi connectivity index (χ4n) is 3.01. The molecule has 140 valence electrons. The number of anilines is 1. The van der Waals surface area contributed by atoms with Crippen LogP contribution in [0.3, 0.4) is 0 Å². The quantitative estimate of drug-likeness (QED) is 0.533. The number of benzene rings is 2. The van der Waals surface area contributed by atoms with E-state index in [2.05, 4.69) is 19.3 Å². The number of nitrogens with zero attached hydrogens (tertiary/aromatic N) is 1. The van der Waals surface area contributed by atoms with Crippen LogP contribution < -0.4 is 5.43 Å². The molecule has 3 rings (SSSR count). The van der Waals surface area contributed by atoms with E-state index in [0.717, 1.165) is 22.5 Å². The Labute approximate surface area is 164 Å². The van der Waals surface area contributed by atoms with E-state index in [1.807, 2.05) is 72.4 Å². The van der Waals surface area contributed by atoms with Crippen LogP contribution in [0.2, 0.25) is 5.02 Å². The van der Waals surface area contributed by atoms with Crippen LogP contribution in [0, 0.1) is 0 Å². The lowest BCUT2D eigenvalue weighted by molar-refractivity contribution is 0.0526. The van der Waals surface area contributed by atoms with Gasteiger partial charge in [-0.15, -0.1) is 0 Å². The Bertz CT molecular complexity index is 915. The van der Waals surface area contributed by atoms with E-state index >= 15 is 0 Å². The molecule has 0 aliphatic rings. The highest BCUT2D eigenvalue weighted by atomic mass is 35.5. The van der Waals surface area contributed by atoms with Crippen molar-refractivity contribution in [2.24, 2.45) is 0 Å². The molecule has 0 aliphatic heterocycles. The van der Waals surface area contributed by atoms with Gasteiger partial charge in [0.1, 0.15) is 0 Å². The van der Waals surface area contributed by atoms with Gasteiger partial charge in [0, 0.05) is 16.8 Å². The fraction of sp³-hybridized carbons (Fsp3) is 0.227.